The van der Waals surface area contributed by atoms with Gasteiger partial charge in [0.15, 0.2) is 6.61 Å². The van der Waals surface area contributed by atoms with Gasteiger partial charge in [-0.25, -0.2) is 13.6 Å². The molecule has 0 fully saturated rings. The molecule has 0 aliphatic rings. The number of ether oxygens (including phenoxy) is 1. The van der Waals surface area contributed by atoms with Gasteiger partial charge in [-0.1, -0.05) is 68.4 Å². The molecule has 0 aliphatic heterocycles. The van der Waals surface area contributed by atoms with Gasteiger partial charge in [-0.3, -0.25) is 9.59 Å². The summed E-state index contributed by atoms with van der Waals surface area (Å²) < 4.78 is 32.9. The van der Waals surface area contributed by atoms with Crippen molar-refractivity contribution in [3.63, 3.8) is 0 Å². The summed E-state index contributed by atoms with van der Waals surface area (Å²) in [5, 5.41) is 5.00. The van der Waals surface area contributed by atoms with E-state index >= 15 is 0 Å². The average Bonchev–Trinajstić information content (AvgIpc) is 2.81. The smallest absolute Gasteiger partial charge is 0.329 e. The second kappa shape index (κ2) is 11.2. The van der Waals surface area contributed by atoms with Crippen molar-refractivity contribution >= 4 is 23.5 Å². The minimum absolute atomic E-state index is 0.465. The maximum absolute atomic E-state index is 13.9. The molecule has 2 N–H and O–H groups in total. The molecule has 176 valence electrons. The number of esters is 1. The van der Waals surface area contributed by atoms with Crippen LogP contribution in [0.2, 0.25) is 0 Å². The van der Waals surface area contributed by atoms with Crippen molar-refractivity contribution in [1.29, 1.82) is 0 Å². The predicted octanol–water partition coefficient (Wildman–Crippen LogP) is 4.57. The van der Waals surface area contributed by atoms with Gasteiger partial charge in [0.1, 0.15) is 23.2 Å². The van der Waals surface area contributed by atoms with Crippen molar-refractivity contribution in [2.45, 2.75) is 19.9 Å². The maximum atomic E-state index is 13.9. The van der Waals surface area contributed by atoms with Crippen LogP contribution < -0.4 is 10.6 Å². The van der Waals surface area contributed by atoms with E-state index in [1.165, 1.54) is 0 Å². The summed E-state index contributed by atoms with van der Waals surface area (Å²) in [6, 6.07) is 18.4. The van der Waals surface area contributed by atoms with Crippen LogP contribution in [0.5, 0.6) is 0 Å². The van der Waals surface area contributed by atoms with Crippen LogP contribution in [-0.2, 0) is 14.3 Å². The number of benzene rings is 3. The van der Waals surface area contributed by atoms with Gasteiger partial charge < -0.3 is 15.4 Å². The Labute approximate surface area is 195 Å². The SMILES string of the molecule is CC(C)C(NC(=O)c1c(F)cccc1F)C(=O)OCC(=O)Nc1ccccc1-c1ccccc1. The van der Waals surface area contributed by atoms with E-state index in [9.17, 15) is 23.2 Å². The van der Waals surface area contributed by atoms with Gasteiger partial charge in [-0.15, -0.1) is 0 Å². The molecule has 0 saturated carbocycles. The van der Waals surface area contributed by atoms with Crippen LogP contribution in [0, 0.1) is 17.6 Å². The summed E-state index contributed by atoms with van der Waals surface area (Å²) in [6.45, 7) is 2.65. The first-order valence-corrected chi connectivity index (χ1v) is 10.6. The molecule has 0 aromatic heterocycles. The Morgan fingerprint density at radius 3 is 2.12 bits per heavy atom. The van der Waals surface area contributed by atoms with E-state index < -0.39 is 53.5 Å². The van der Waals surface area contributed by atoms with Crippen LogP contribution in [0.3, 0.4) is 0 Å². The van der Waals surface area contributed by atoms with E-state index in [2.05, 4.69) is 10.6 Å². The highest BCUT2D eigenvalue weighted by Gasteiger charge is 2.29. The van der Waals surface area contributed by atoms with Crippen molar-refractivity contribution in [1.82, 2.24) is 5.32 Å². The van der Waals surface area contributed by atoms with Gasteiger partial charge >= 0.3 is 5.97 Å². The van der Waals surface area contributed by atoms with Crippen LogP contribution in [0.1, 0.15) is 24.2 Å². The number of hydrogen-bond acceptors (Lipinski definition) is 4. The lowest BCUT2D eigenvalue weighted by atomic mass is 10.0. The van der Waals surface area contributed by atoms with Crippen molar-refractivity contribution < 1.29 is 27.9 Å². The molecular formula is C26H24F2N2O4. The van der Waals surface area contributed by atoms with Crippen molar-refractivity contribution in [3.05, 3.63) is 90.0 Å². The van der Waals surface area contributed by atoms with Crippen LogP contribution in [0.15, 0.2) is 72.8 Å². The summed E-state index contributed by atoms with van der Waals surface area (Å²) in [5.74, 6) is -5.13. The molecule has 34 heavy (non-hydrogen) atoms. The molecule has 2 amide bonds. The number of amides is 2. The third-order valence-electron chi connectivity index (χ3n) is 5.03. The molecule has 1 atom stereocenters. The van der Waals surface area contributed by atoms with Crippen LogP contribution in [0.25, 0.3) is 11.1 Å². The van der Waals surface area contributed by atoms with Gasteiger partial charge in [0.25, 0.3) is 11.8 Å². The molecule has 0 radical (unpaired) electrons. The van der Waals surface area contributed by atoms with Crippen LogP contribution in [-0.4, -0.2) is 30.4 Å². The summed E-state index contributed by atoms with van der Waals surface area (Å²) in [6.07, 6.45) is 0. The van der Waals surface area contributed by atoms with Gasteiger partial charge in [0.05, 0.1) is 0 Å². The number of anilines is 1. The topological polar surface area (TPSA) is 84.5 Å². The predicted molar refractivity (Wildman–Crippen MR) is 124 cm³/mol. The molecule has 1 unspecified atom stereocenters. The zero-order chi connectivity index (χ0) is 24.7. The first-order valence-electron chi connectivity index (χ1n) is 10.6. The Bertz CT molecular complexity index is 1160. The fraction of sp³-hybridized carbons (Fsp3) is 0.192. The molecule has 6 nitrogen and oxygen atoms in total. The molecule has 3 aromatic carbocycles. The molecule has 0 bridgehead atoms. The van der Waals surface area contributed by atoms with Crippen molar-refractivity contribution in [2.24, 2.45) is 5.92 Å². The van der Waals surface area contributed by atoms with E-state index in [4.69, 9.17) is 4.74 Å². The standard InChI is InChI=1S/C26H24F2N2O4/c1-16(2)24(30-25(32)23-19(27)12-8-13-20(23)28)26(33)34-15-22(31)29-21-14-7-6-11-18(21)17-9-4-3-5-10-17/h3-14,16,24H,15H2,1-2H3,(H,29,31)(H,30,32). The zero-order valence-corrected chi connectivity index (χ0v) is 18.7. The van der Waals surface area contributed by atoms with Gasteiger partial charge in [0, 0.05) is 11.3 Å². The lowest BCUT2D eigenvalue weighted by Gasteiger charge is -2.21. The monoisotopic (exact) mass is 466 g/mol. The van der Waals surface area contributed by atoms with Crippen molar-refractivity contribution in [3.8, 4) is 11.1 Å². The fourth-order valence-electron chi connectivity index (χ4n) is 3.30. The number of hydrogen-bond donors (Lipinski definition) is 2. The second-order valence-corrected chi connectivity index (χ2v) is 7.86. The quantitative estimate of drug-likeness (QED) is 0.477. The van der Waals surface area contributed by atoms with Gasteiger partial charge in [-0.05, 0) is 29.7 Å². The van der Waals surface area contributed by atoms with Gasteiger partial charge in [0.2, 0.25) is 0 Å². The molecule has 0 saturated heterocycles. The van der Waals surface area contributed by atoms with E-state index in [1.54, 1.807) is 26.0 Å². The molecule has 0 heterocycles. The first kappa shape index (κ1) is 24.6. The Kier molecular flexibility index (Phi) is 8.08. The number of nitrogens with one attached hydrogen (secondary N) is 2. The van der Waals surface area contributed by atoms with Crippen LogP contribution in [0.4, 0.5) is 14.5 Å². The third-order valence-corrected chi connectivity index (χ3v) is 5.03. The summed E-state index contributed by atoms with van der Waals surface area (Å²) in [5.41, 5.74) is 1.44. The van der Waals surface area contributed by atoms with E-state index in [0.717, 1.165) is 29.3 Å². The summed E-state index contributed by atoms with van der Waals surface area (Å²) in [7, 11) is 0. The average molecular weight is 466 g/mol. The first-order chi connectivity index (χ1) is 16.3. The molecule has 3 rings (SSSR count). The summed E-state index contributed by atoms with van der Waals surface area (Å²) >= 11 is 0. The number of carbonyl (C=O) groups excluding carboxylic acids is 3. The second-order valence-electron chi connectivity index (χ2n) is 7.86. The molecule has 8 heteroatoms. The lowest BCUT2D eigenvalue weighted by molar-refractivity contribution is -0.150. The molecular weight excluding hydrogens is 442 g/mol. The van der Waals surface area contributed by atoms with Gasteiger partial charge in [-0.2, -0.15) is 0 Å². The Morgan fingerprint density at radius 2 is 1.47 bits per heavy atom. The van der Waals surface area contributed by atoms with Crippen LogP contribution >= 0.6 is 0 Å². The fourth-order valence-corrected chi connectivity index (χ4v) is 3.30. The van der Waals surface area contributed by atoms with E-state index in [1.807, 2.05) is 42.5 Å². The minimum atomic E-state index is -1.21. The highest BCUT2D eigenvalue weighted by atomic mass is 19.1. The number of halogens is 2. The minimum Gasteiger partial charge on any atom is -0.454 e. The molecule has 0 spiro atoms. The normalized spacial score (nSPS) is 11.6. The van der Waals surface area contributed by atoms with Crippen molar-refractivity contribution in [2.75, 3.05) is 11.9 Å². The number of rotatable bonds is 8. The molecule has 0 aliphatic carbocycles. The Hall–Kier alpha value is -4.07. The number of carbonyl (C=O) groups is 3. The zero-order valence-electron chi connectivity index (χ0n) is 18.7. The number of para-hydroxylation sites is 1. The summed E-state index contributed by atoms with van der Waals surface area (Å²) in [4.78, 5) is 37.4. The maximum Gasteiger partial charge on any atom is 0.329 e. The Morgan fingerprint density at radius 1 is 0.853 bits per heavy atom. The lowest BCUT2D eigenvalue weighted by Crippen LogP contribution is -2.46. The van der Waals surface area contributed by atoms with E-state index in [0.29, 0.717) is 5.69 Å². The highest BCUT2D eigenvalue weighted by Crippen LogP contribution is 2.27. The highest BCUT2D eigenvalue weighted by molar-refractivity contribution is 5.99. The largest absolute Gasteiger partial charge is 0.454 e. The molecule has 3 aromatic rings. The Balaban J connectivity index is 1.64. The third kappa shape index (κ3) is 6.04. The van der Waals surface area contributed by atoms with E-state index in [-0.39, 0.29) is 0 Å².